The Kier molecular flexibility index (Phi) is 5.70. The molecule has 0 radical (unpaired) electrons. The van der Waals surface area contributed by atoms with Crippen LogP contribution in [0, 0.1) is 0 Å². The smallest absolute Gasteiger partial charge is 0.327 e. The Hall–Kier alpha value is -3.66. The average molecular weight is 383 g/mol. The fraction of sp³-hybridized carbons (Fsp3) is 0.167. The number of hydrogen-bond acceptors (Lipinski definition) is 6. The van der Waals surface area contributed by atoms with Crippen molar-refractivity contribution in [1.82, 2.24) is 24.3 Å². The summed E-state index contributed by atoms with van der Waals surface area (Å²) in [5.41, 5.74) is 6.76. The maximum atomic E-state index is 12.7. The molecule has 3 heterocycles. The Morgan fingerprint density at radius 1 is 1.25 bits per heavy atom. The Labute approximate surface area is 159 Å². The predicted molar refractivity (Wildman–Crippen MR) is 101 cm³/mol. The highest BCUT2D eigenvalue weighted by Gasteiger charge is 2.11. The molecule has 3 rings (SSSR count). The second-order valence-electron chi connectivity index (χ2n) is 5.93. The Morgan fingerprint density at radius 2 is 1.96 bits per heavy atom. The Morgan fingerprint density at radius 3 is 2.64 bits per heavy atom. The minimum absolute atomic E-state index is 0.0117. The van der Waals surface area contributed by atoms with E-state index in [2.05, 4.69) is 20.4 Å². The molecule has 0 unspecified atom stereocenters. The second-order valence-corrected chi connectivity index (χ2v) is 5.93. The van der Waals surface area contributed by atoms with Crippen molar-refractivity contribution in [3.05, 3.63) is 65.4 Å². The maximum absolute atomic E-state index is 12.7. The van der Waals surface area contributed by atoms with Crippen LogP contribution in [0.1, 0.15) is 6.92 Å². The third kappa shape index (κ3) is 4.18. The maximum Gasteiger partial charge on any atom is 0.351 e. The van der Waals surface area contributed by atoms with Crippen LogP contribution in [-0.4, -0.2) is 36.8 Å². The van der Waals surface area contributed by atoms with Crippen LogP contribution in [0.4, 0.5) is 10.2 Å². The van der Waals surface area contributed by atoms with E-state index in [9.17, 15) is 14.0 Å². The quantitative estimate of drug-likeness (QED) is 0.661. The summed E-state index contributed by atoms with van der Waals surface area (Å²) in [6.07, 6.45) is 4.82. The van der Waals surface area contributed by atoms with Crippen LogP contribution in [0.3, 0.4) is 0 Å². The topological polar surface area (TPSA) is 121 Å². The summed E-state index contributed by atoms with van der Waals surface area (Å²) >= 11 is 0. The van der Waals surface area contributed by atoms with Crippen molar-refractivity contribution in [2.24, 2.45) is 5.73 Å². The molecular formula is C18H18FN7O2. The fourth-order valence-electron chi connectivity index (χ4n) is 2.53. The van der Waals surface area contributed by atoms with E-state index < -0.39 is 5.69 Å². The molecule has 1 amide bonds. The first-order chi connectivity index (χ1) is 13.5. The molecule has 0 spiro atoms. The molecule has 0 aliphatic carbocycles. The number of hydrogen-bond donors (Lipinski definition) is 2. The number of halogens is 1. The van der Waals surface area contributed by atoms with Gasteiger partial charge in [-0.15, -0.1) is 0 Å². The Bertz CT molecular complexity index is 1090. The summed E-state index contributed by atoms with van der Waals surface area (Å²) in [5.74, 6) is 0.545. The molecule has 0 saturated heterocycles. The lowest BCUT2D eigenvalue weighted by Crippen LogP contribution is -2.26. The van der Waals surface area contributed by atoms with Gasteiger partial charge in [0.15, 0.2) is 0 Å². The first-order valence-corrected chi connectivity index (χ1v) is 8.35. The highest BCUT2D eigenvalue weighted by molar-refractivity contribution is 5.88. The van der Waals surface area contributed by atoms with Crippen LogP contribution < -0.4 is 16.7 Å². The molecule has 0 aliphatic heterocycles. The number of nitrogens with one attached hydrogen (secondary N) is 1. The van der Waals surface area contributed by atoms with Crippen molar-refractivity contribution in [1.29, 1.82) is 0 Å². The fourth-order valence-corrected chi connectivity index (χ4v) is 2.53. The average Bonchev–Trinajstić information content (AvgIpc) is 3.06. The van der Waals surface area contributed by atoms with E-state index >= 15 is 0 Å². The second kappa shape index (κ2) is 8.35. The van der Waals surface area contributed by atoms with E-state index in [0.29, 0.717) is 18.0 Å². The zero-order valence-electron chi connectivity index (χ0n) is 15.0. The molecule has 10 heteroatoms. The summed E-state index contributed by atoms with van der Waals surface area (Å²) in [6.45, 7) is 1.35. The molecule has 0 aromatic carbocycles. The van der Waals surface area contributed by atoms with Crippen LogP contribution in [0.15, 0.2) is 59.7 Å². The molecule has 3 N–H and O–H groups in total. The van der Waals surface area contributed by atoms with Crippen molar-refractivity contribution in [3.63, 3.8) is 0 Å². The van der Waals surface area contributed by atoms with E-state index in [4.69, 9.17) is 5.73 Å². The SMILES string of the molecule is CC(=O)Nc1cc(-c2ccnc(-n3cnn(C/C(=C/F)CN)c3=O)c2)ccn1. The van der Waals surface area contributed by atoms with Gasteiger partial charge in [-0.2, -0.15) is 5.10 Å². The summed E-state index contributed by atoms with van der Waals surface area (Å²) < 4.78 is 15.1. The van der Waals surface area contributed by atoms with Gasteiger partial charge in [0.25, 0.3) is 0 Å². The van der Waals surface area contributed by atoms with Gasteiger partial charge < -0.3 is 11.1 Å². The number of anilines is 1. The van der Waals surface area contributed by atoms with Gasteiger partial charge in [0.05, 0.1) is 12.9 Å². The van der Waals surface area contributed by atoms with Crippen LogP contribution in [0.25, 0.3) is 16.9 Å². The lowest BCUT2D eigenvalue weighted by atomic mass is 10.1. The molecule has 0 bridgehead atoms. The lowest BCUT2D eigenvalue weighted by molar-refractivity contribution is -0.114. The van der Waals surface area contributed by atoms with Crippen molar-refractivity contribution < 1.29 is 9.18 Å². The molecule has 28 heavy (non-hydrogen) atoms. The number of nitrogens with zero attached hydrogens (tertiary/aromatic N) is 5. The molecule has 0 aliphatic rings. The summed E-state index contributed by atoms with van der Waals surface area (Å²) in [6, 6.07) is 6.96. The van der Waals surface area contributed by atoms with Crippen LogP contribution >= 0.6 is 0 Å². The zero-order chi connectivity index (χ0) is 20.1. The van der Waals surface area contributed by atoms with E-state index in [1.807, 2.05) is 0 Å². The van der Waals surface area contributed by atoms with E-state index in [0.717, 1.165) is 15.8 Å². The van der Waals surface area contributed by atoms with Gasteiger partial charge in [-0.3, -0.25) is 4.79 Å². The van der Waals surface area contributed by atoms with Gasteiger partial charge in [-0.1, -0.05) is 0 Å². The van der Waals surface area contributed by atoms with Gasteiger partial charge >= 0.3 is 5.69 Å². The minimum atomic E-state index is -0.467. The van der Waals surface area contributed by atoms with Crippen molar-refractivity contribution in [2.75, 3.05) is 11.9 Å². The molecular weight excluding hydrogens is 365 g/mol. The summed E-state index contributed by atoms with van der Waals surface area (Å²) in [7, 11) is 0. The van der Waals surface area contributed by atoms with Crippen LogP contribution in [0.2, 0.25) is 0 Å². The molecule has 9 nitrogen and oxygen atoms in total. The van der Waals surface area contributed by atoms with Crippen molar-refractivity contribution in [2.45, 2.75) is 13.5 Å². The monoisotopic (exact) mass is 383 g/mol. The summed E-state index contributed by atoms with van der Waals surface area (Å²) in [5, 5.41) is 6.61. The molecule has 0 atom stereocenters. The van der Waals surface area contributed by atoms with Crippen molar-refractivity contribution >= 4 is 11.7 Å². The molecule has 144 valence electrons. The van der Waals surface area contributed by atoms with Gasteiger partial charge in [0.2, 0.25) is 5.91 Å². The molecule has 0 fully saturated rings. The van der Waals surface area contributed by atoms with Gasteiger partial charge in [0, 0.05) is 25.9 Å². The highest BCUT2D eigenvalue weighted by atomic mass is 19.1. The predicted octanol–water partition coefficient (Wildman–Crippen LogP) is 1.26. The summed E-state index contributed by atoms with van der Waals surface area (Å²) in [4.78, 5) is 32.0. The van der Waals surface area contributed by atoms with Gasteiger partial charge in [0.1, 0.15) is 18.0 Å². The number of carbonyl (C=O) groups is 1. The number of aromatic nitrogens is 5. The van der Waals surface area contributed by atoms with E-state index in [1.165, 1.54) is 17.8 Å². The standard InChI is InChI=1S/C18H18FN7O2/c1-12(27)24-16-6-14(2-4-21-16)15-3-5-22-17(7-15)25-11-23-26(18(25)28)10-13(8-19)9-20/h2-8,11H,9-10,20H2,1H3,(H,21,24,27)/b13-8+. The van der Waals surface area contributed by atoms with Gasteiger partial charge in [-0.25, -0.2) is 28.4 Å². The first-order valence-electron chi connectivity index (χ1n) is 8.35. The molecule has 3 aromatic heterocycles. The first kappa shape index (κ1) is 19.1. The minimum Gasteiger partial charge on any atom is -0.327 e. The number of carbonyl (C=O) groups excluding carboxylic acids is 1. The number of nitrogens with two attached hydrogens (primary N) is 1. The van der Waals surface area contributed by atoms with Gasteiger partial charge in [-0.05, 0) is 41.0 Å². The van der Waals surface area contributed by atoms with Crippen LogP contribution in [0.5, 0.6) is 0 Å². The Balaban J connectivity index is 1.94. The zero-order valence-corrected chi connectivity index (χ0v) is 15.0. The van der Waals surface area contributed by atoms with E-state index in [-0.39, 0.29) is 24.6 Å². The number of rotatable bonds is 6. The van der Waals surface area contributed by atoms with E-state index in [1.54, 1.807) is 36.7 Å². The largest absolute Gasteiger partial charge is 0.351 e. The number of amides is 1. The third-order valence-electron chi connectivity index (χ3n) is 3.89. The lowest BCUT2D eigenvalue weighted by Gasteiger charge is -2.07. The van der Waals surface area contributed by atoms with Crippen LogP contribution in [-0.2, 0) is 11.3 Å². The molecule has 0 saturated carbocycles. The normalized spacial score (nSPS) is 11.5. The highest BCUT2D eigenvalue weighted by Crippen LogP contribution is 2.22. The van der Waals surface area contributed by atoms with Crippen molar-refractivity contribution in [3.8, 4) is 16.9 Å². The molecule has 3 aromatic rings. The number of pyridine rings is 2. The third-order valence-corrected chi connectivity index (χ3v) is 3.89.